The molecule has 1 saturated carbocycles. The number of methoxy groups -OCH3 is 1. The molecule has 2 fully saturated rings. The van der Waals surface area contributed by atoms with Crippen molar-refractivity contribution in [2.24, 2.45) is 5.92 Å². The Hall–Kier alpha value is -0.370. The number of halogens is 1. The van der Waals surface area contributed by atoms with Crippen molar-refractivity contribution in [2.45, 2.75) is 56.9 Å². The van der Waals surface area contributed by atoms with Crippen LogP contribution in [0.2, 0.25) is 0 Å². The Labute approximate surface area is 139 Å². The predicted octanol–water partition coefficient (Wildman–Crippen LogP) is 1.15. The van der Waals surface area contributed by atoms with Gasteiger partial charge >= 0.3 is 5.97 Å². The lowest BCUT2D eigenvalue weighted by molar-refractivity contribution is -0.146. The highest BCUT2D eigenvalue weighted by Gasteiger charge is 2.45. The second kappa shape index (κ2) is 7.95. The second-order valence-electron chi connectivity index (χ2n) is 6.09. The van der Waals surface area contributed by atoms with Crippen molar-refractivity contribution >= 4 is 28.4 Å². The van der Waals surface area contributed by atoms with E-state index in [0.717, 1.165) is 12.8 Å². The molecule has 0 bridgehead atoms. The van der Waals surface area contributed by atoms with Crippen LogP contribution in [0.25, 0.3) is 0 Å². The van der Waals surface area contributed by atoms with Gasteiger partial charge in [-0.05, 0) is 26.7 Å². The summed E-state index contributed by atoms with van der Waals surface area (Å²) >= 11 is 0. The molecule has 4 atom stereocenters. The summed E-state index contributed by atoms with van der Waals surface area (Å²) in [6.45, 7) is 5.04. The van der Waals surface area contributed by atoms with E-state index in [4.69, 9.17) is 4.74 Å². The van der Waals surface area contributed by atoms with Crippen LogP contribution in [0.3, 0.4) is 0 Å². The molecule has 0 amide bonds. The number of rotatable bonds is 3. The Morgan fingerprint density at radius 2 is 1.86 bits per heavy atom. The maximum absolute atomic E-state index is 13.0. The summed E-state index contributed by atoms with van der Waals surface area (Å²) < 4.78 is 32.4. The minimum Gasteiger partial charge on any atom is -0.469 e. The van der Waals surface area contributed by atoms with Gasteiger partial charge < -0.3 is 10.1 Å². The zero-order chi connectivity index (χ0) is 15.6. The smallest absolute Gasteiger partial charge is 0.310 e. The monoisotopic (exact) mass is 354 g/mol. The number of ether oxygens (including phenoxy) is 1. The highest BCUT2D eigenvalue weighted by molar-refractivity contribution is 7.89. The number of sulfonamides is 1. The number of nitrogens with zero attached hydrogens (tertiary/aromatic N) is 1. The first-order chi connectivity index (χ1) is 9.89. The van der Waals surface area contributed by atoms with Crippen molar-refractivity contribution in [1.29, 1.82) is 0 Å². The van der Waals surface area contributed by atoms with Gasteiger partial charge in [0.05, 0.1) is 18.3 Å². The van der Waals surface area contributed by atoms with Gasteiger partial charge in [-0.3, -0.25) is 4.79 Å². The van der Waals surface area contributed by atoms with Crippen molar-refractivity contribution in [3.63, 3.8) is 0 Å². The molecule has 6 nitrogen and oxygen atoms in total. The fourth-order valence-electron chi connectivity index (χ4n) is 3.43. The van der Waals surface area contributed by atoms with Crippen LogP contribution in [0.4, 0.5) is 0 Å². The number of hydrogen-bond acceptors (Lipinski definition) is 5. The molecular weight excluding hydrogens is 328 g/mol. The van der Waals surface area contributed by atoms with Gasteiger partial charge in [0.2, 0.25) is 10.0 Å². The first-order valence-electron chi connectivity index (χ1n) is 7.71. The number of carbonyl (C=O) groups excluding carboxylic acids is 1. The largest absolute Gasteiger partial charge is 0.469 e. The van der Waals surface area contributed by atoms with Crippen molar-refractivity contribution < 1.29 is 17.9 Å². The fraction of sp³-hybridized carbons (Fsp3) is 0.929. The van der Waals surface area contributed by atoms with Crippen LogP contribution in [-0.2, 0) is 19.6 Å². The van der Waals surface area contributed by atoms with Gasteiger partial charge in [0.25, 0.3) is 0 Å². The summed E-state index contributed by atoms with van der Waals surface area (Å²) in [6, 6.07) is 0.0256. The quantitative estimate of drug-likeness (QED) is 0.769. The van der Waals surface area contributed by atoms with Crippen LogP contribution in [0.5, 0.6) is 0 Å². The molecule has 0 aromatic rings. The van der Waals surface area contributed by atoms with E-state index < -0.39 is 21.2 Å². The van der Waals surface area contributed by atoms with Crippen LogP contribution >= 0.6 is 12.4 Å². The van der Waals surface area contributed by atoms with Crippen LogP contribution < -0.4 is 5.32 Å². The number of nitrogens with one attached hydrogen (secondary N) is 1. The number of esters is 1. The highest BCUT2D eigenvalue weighted by atomic mass is 35.5. The minimum absolute atomic E-state index is 0. The topological polar surface area (TPSA) is 75.7 Å². The molecule has 22 heavy (non-hydrogen) atoms. The molecule has 0 aromatic heterocycles. The van der Waals surface area contributed by atoms with E-state index in [0.29, 0.717) is 25.9 Å². The van der Waals surface area contributed by atoms with E-state index in [2.05, 4.69) is 5.32 Å². The summed E-state index contributed by atoms with van der Waals surface area (Å²) in [5.41, 5.74) is 0. The van der Waals surface area contributed by atoms with Gasteiger partial charge in [-0.1, -0.05) is 12.8 Å². The summed E-state index contributed by atoms with van der Waals surface area (Å²) in [5.74, 6) is -0.912. The molecule has 2 rings (SSSR count). The molecule has 1 aliphatic carbocycles. The van der Waals surface area contributed by atoms with Crippen LogP contribution in [0, 0.1) is 5.92 Å². The molecule has 0 spiro atoms. The Kier molecular flexibility index (Phi) is 7.11. The third kappa shape index (κ3) is 3.75. The van der Waals surface area contributed by atoms with E-state index in [1.165, 1.54) is 7.11 Å². The van der Waals surface area contributed by atoms with Crippen LogP contribution in [-0.4, -0.2) is 56.2 Å². The molecule has 1 heterocycles. The minimum atomic E-state index is -3.48. The highest BCUT2D eigenvalue weighted by Crippen LogP contribution is 2.33. The zero-order valence-corrected chi connectivity index (χ0v) is 15.1. The van der Waals surface area contributed by atoms with Crippen LogP contribution in [0.1, 0.15) is 39.5 Å². The average Bonchev–Trinajstić information content (AvgIpc) is 2.49. The van der Waals surface area contributed by atoms with Gasteiger partial charge in [0, 0.05) is 25.2 Å². The van der Waals surface area contributed by atoms with E-state index in [9.17, 15) is 13.2 Å². The fourth-order valence-corrected chi connectivity index (χ4v) is 5.90. The molecule has 0 aromatic carbocycles. The molecule has 2 aliphatic rings. The van der Waals surface area contributed by atoms with E-state index in [-0.39, 0.29) is 30.5 Å². The number of piperazine rings is 1. The Balaban J connectivity index is 0.00000242. The first kappa shape index (κ1) is 19.7. The lowest BCUT2D eigenvalue weighted by Crippen LogP contribution is -2.60. The number of carbonyl (C=O) groups is 1. The summed E-state index contributed by atoms with van der Waals surface area (Å²) in [4.78, 5) is 11.9. The third-order valence-electron chi connectivity index (χ3n) is 4.89. The Morgan fingerprint density at radius 1 is 1.23 bits per heavy atom. The van der Waals surface area contributed by atoms with Crippen molar-refractivity contribution in [2.75, 3.05) is 20.2 Å². The maximum Gasteiger partial charge on any atom is 0.310 e. The van der Waals surface area contributed by atoms with Gasteiger partial charge in [-0.15, -0.1) is 12.4 Å². The van der Waals surface area contributed by atoms with Crippen molar-refractivity contribution in [1.82, 2.24) is 9.62 Å². The molecule has 4 unspecified atom stereocenters. The zero-order valence-electron chi connectivity index (χ0n) is 13.4. The molecule has 8 heteroatoms. The summed E-state index contributed by atoms with van der Waals surface area (Å²) in [6.07, 6.45) is 2.90. The SMILES string of the molecule is COC(=O)C1CCCCC1S(=O)(=O)N1CCNC(C)C1C.Cl. The molecule has 1 N–H and O–H groups in total. The Morgan fingerprint density at radius 3 is 2.50 bits per heavy atom. The van der Waals surface area contributed by atoms with Crippen molar-refractivity contribution in [3.05, 3.63) is 0 Å². The molecule has 130 valence electrons. The second-order valence-corrected chi connectivity index (χ2v) is 8.20. The molecule has 1 saturated heterocycles. The van der Waals surface area contributed by atoms with E-state index >= 15 is 0 Å². The van der Waals surface area contributed by atoms with Crippen molar-refractivity contribution in [3.8, 4) is 0 Å². The lowest BCUT2D eigenvalue weighted by Gasteiger charge is -2.41. The average molecular weight is 355 g/mol. The predicted molar refractivity (Wildman–Crippen MR) is 87.6 cm³/mol. The molecule has 0 radical (unpaired) electrons. The van der Waals surface area contributed by atoms with Gasteiger partial charge in [0.1, 0.15) is 0 Å². The van der Waals surface area contributed by atoms with Gasteiger partial charge in [-0.25, -0.2) is 8.42 Å². The van der Waals surface area contributed by atoms with E-state index in [1.54, 1.807) is 4.31 Å². The van der Waals surface area contributed by atoms with Crippen LogP contribution in [0.15, 0.2) is 0 Å². The molecule has 1 aliphatic heterocycles. The maximum atomic E-state index is 13.0. The standard InChI is InChI=1S/C14H26N2O4S.ClH/c1-10-11(2)16(9-8-15-10)21(18,19)13-7-5-4-6-12(13)14(17)20-3;/h10-13,15H,4-9H2,1-3H3;1H. The van der Waals surface area contributed by atoms with E-state index in [1.807, 2.05) is 13.8 Å². The Bertz CT molecular complexity index is 485. The first-order valence-corrected chi connectivity index (χ1v) is 9.21. The molecular formula is C14H27ClN2O4S. The third-order valence-corrected chi connectivity index (χ3v) is 7.39. The van der Waals surface area contributed by atoms with Gasteiger partial charge in [-0.2, -0.15) is 4.31 Å². The lowest BCUT2D eigenvalue weighted by atomic mass is 9.89. The van der Waals surface area contributed by atoms with Gasteiger partial charge in [0.15, 0.2) is 0 Å². The summed E-state index contributed by atoms with van der Waals surface area (Å²) in [7, 11) is -2.15. The normalized spacial score (nSPS) is 33.8. The summed E-state index contributed by atoms with van der Waals surface area (Å²) in [5, 5.41) is 2.65. The number of hydrogen-bond donors (Lipinski definition) is 1.